The second-order valence-electron chi connectivity index (χ2n) is 17.5. The van der Waals surface area contributed by atoms with E-state index in [0.717, 1.165) is 57.8 Å². The Kier molecular flexibility index (Phi) is 14.4. The number of benzene rings is 4. The fourth-order valence-corrected chi connectivity index (χ4v) is 8.57. The number of rotatable bonds is 3. The summed E-state index contributed by atoms with van der Waals surface area (Å²) in [6.07, 6.45) is 10.4. The number of halogens is 4. The first kappa shape index (κ1) is 45.5. The first-order valence-corrected chi connectivity index (χ1v) is 20.5. The number of hydrogen-bond acceptors (Lipinski definition) is 0. The molecule has 0 saturated carbocycles. The Balaban J connectivity index is 0.000000205. The maximum absolute atomic E-state index is 13.0. The minimum absolute atomic E-state index is 0. The largest absolute Gasteiger partial charge is 1.00 e. The van der Waals surface area contributed by atoms with Gasteiger partial charge in [0.1, 0.15) is 0 Å². The van der Waals surface area contributed by atoms with Crippen LogP contribution in [0.3, 0.4) is 0 Å². The Morgan fingerprint density at radius 2 is 1.27 bits per heavy atom. The standard InChI is InChI=1S/C27H29.C13H8F2.C11H17.2ClH.Zr/c1-16-7-9-26(3,4)24-12-18-11-19-13-25-21(17(2)8-10-27(25,5)6)15-23(19)22(18)14-20(16)24;14-12-5-1-3-10(8-12)7-11-4-2-6-13(15)9-11;1-5-9-6-7-10(8-9)11(2,3)4;;;/h7-9,12-15H,10-11H2,1-6H3;1-6,8-9H;6-8H,5H2,1-4H3;2*1H;/q-1;;-1;;;+2/p-2. The van der Waals surface area contributed by atoms with Crippen LogP contribution in [0.1, 0.15) is 131 Å². The Labute approximate surface area is 362 Å². The molecular formula is C51H54Cl2F2Zr-2. The van der Waals surface area contributed by atoms with Gasteiger partial charge in [0.05, 0.1) is 0 Å². The molecule has 0 spiro atoms. The van der Waals surface area contributed by atoms with Crippen molar-refractivity contribution in [1.29, 1.82) is 0 Å². The van der Waals surface area contributed by atoms with Crippen LogP contribution in [0.2, 0.25) is 0 Å². The number of allylic oxidation sites excluding steroid dienone is 4. The molecule has 0 nitrogen and oxygen atoms in total. The molecule has 0 aliphatic heterocycles. The van der Waals surface area contributed by atoms with E-state index < -0.39 is 0 Å². The van der Waals surface area contributed by atoms with Crippen molar-refractivity contribution in [1.82, 2.24) is 0 Å². The summed E-state index contributed by atoms with van der Waals surface area (Å²) in [6, 6.07) is 29.4. The summed E-state index contributed by atoms with van der Waals surface area (Å²) in [5.41, 5.74) is 19.8. The molecule has 0 N–H and O–H groups in total. The van der Waals surface area contributed by atoms with Gasteiger partial charge in [-0.2, -0.15) is 28.8 Å². The van der Waals surface area contributed by atoms with E-state index >= 15 is 0 Å². The summed E-state index contributed by atoms with van der Waals surface area (Å²) < 4.78 is 27.0. The molecule has 3 aliphatic rings. The average molecular weight is 867 g/mol. The van der Waals surface area contributed by atoms with Crippen LogP contribution in [-0.4, -0.2) is 3.21 Å². The van der Waals surface area contributed by atoms with Gasteiger partial charge >= 0.3 is 108 Å². The smallest absolute Gasteiger partial charge is 1.00 e. The topological polar surface area (TPSA) is 0 Å². The monoisotopic (exact) mass is 864 g/mol. The second-order valence-corrected chi connectivity index (χ2v) is 18.7. The van der Waals surface area contributed by atoms with Crippen molar-refractivity contribution in [2.45, 2.75) is 105 Å². The van der Waals surface area contributed by atoms with Crippen molar-refractivity contribution in [2.75, 3.05) is 0 Å². The van der Waals surface area contributed by atoms with Crippen molar-refractivity contribution >= 4 is 14.4 Å². The SMILES string of the molecule is CC1=C[CH-]C(C)(C)c2cc3c(cc21)-c1cc2c(cc1C3)C(C)(C)CC=C2C.CCc1cc(C(C)(C)C)c[cH-]1.Fc1cccc([C](=[Zr+2])c2cccc(F)c2)c1.[Cl-].[Cl-]. The molecule has 0 unspecified atom stereocenters. The first-order valence-electron chi connectivity index (χ1n) is 19.3. The molecule has 0 saturated heterocycles. The summed E-state index contributed by atoms with van der Waals surface area (Å²) in [5, 5.41) is 0. The van der Waals surface area contributed by atoms with E-state index in [1.54, 1.807) is 12.1 Å². The van der Waals surface area contributed by atoms with Crippen LogP contribution in [0.5, 0.6) is 0 Å². The Morgan fingerprint density at radius 3 is 1.75 bits per heavy atom. The third-order valence-electron chi connectivity index (χ3n) is 11.4. The summed E-state index contributed by atoms with van der Waals surface area (Å²) in [6.45, 7) is 22.9. The Bertz CT molecular complexity index is 2160. The third-order valence-corrected chi connectivity index (χ3v) is 12.8. The van der Waals surface area contributed by atoms with Gasteiger partial charge in [0, 0.05) is 0 Å². The maximum atomic E-state index is 13.0. The molecule has 8 rings (SSSR count). The van der Waals surface area contributed by atoms with E-state index in [1.807, 2.05) is 12.1 Å². The summed E-state index contributed by atoms with van der Waals surface area (Å²) in [7, 11) is 0. The van der Waals surface area contributed by atoms with Gasteiger partial charge in [-0.15, -0.1) is 12.5 Å². The molecule has 292 valence electrons. The molecule has 0 heterocycles. The van der Waals surface area contributed by atoms with E-state index in [2.05, 4.69) is 130 Å². The van der Waals surface area contributed by atoms with Crippen LogP contribution in [0.4, 0.5) is 8.78 Å². The Morgan fingerprint density at radius 1 is 0.732 bits per heavy atom. The van der Waals surface area contributed by atoms with E-state index in [-0.39, 0.29) is 47.3 Å². The van der Waals surface area contributed by atoms with E-state index in [9.17, 15) is 8.78 Å². The Hall–Kier alpha value is -3.23. The summed E-state index contributed by atoms with van der Waals surface area (Å²) >= 11 is 1.13. The van der Waals surface area contributed by atoms with Gasteiger partial charge in [0.15, 0.2) is 0 Å². The summed E-state index contributed by atoms with van der Waals surface area (Å²) in [4.78, 5) is 0. The summed E-state index contributed by atoms with van der Waals surface area (Å²) in [5.74, 6) is -0.539. The predicted molar refractivity (Wildman–Crippen MR) is 223 cm³/mol. The molecule has 0 fully saturated rings. The average Bonchev–Trinajstić information content (AvgIpc) is 3.76. The van der Waals surface area contributed by atoms with E-state index in [1.165, 1.54) is 91.0 Å². The van der Waals surface area contributed by atoms with E-state index in [4.69, 9.17) is 0 Å². The predicted octanol–water partition coefficient (Wildman–Crippen LogP) is 7.59. The van der Waals surface area contributed by atoms with Gasteiger partial charge in [0.2, 0.25) is 0 Å². The molecule has 0 aromatic heterocycles. The molecule has 3 aliphatic carbocycles. The quantitative estimate of drug-likeness (QED) is 0.161. The number of fused-ring (bicyclic) bond motifs is 5. The fourth-order valence-electron chi connectivity index (χ4n) is 7.81. The van der Waals surface area contributed by atoms with Crippen LogP contribution < -0.4 is 24.8 Å². The van der Waals surface area contributed by atoms with Gasteiger partial charge < -0.3 is 24.8 Å². The molecule has 56 heavy (non-hydrogen) atoms. The molecule has 5 aromatic carbocycles. The van der Waals surface area contributed by atoms with E-state index in [0.29, 0.717) is 5.41 Å². The minimum Gasteiger partial charge on any atom is -1.00 e. The molecule has 5 aromatic rings. The zero-order valence-electron chi connectivity index (χ0n) is 34.5. The van der Waals surface area contributed by atoms with Gasteiger partial charge in [-0.1, -0.05) is 102 Å². The normalized spacial score (nSPS) is 15.2. The number of hydrogen-bond donors (Lipinski definition) is 0. The zero-order chi connectivity index (χ0) is 39.2. The zero-order valence-corrected chi connectivity index (χ0v) is 38.5. The van der Waals surface area contributed by atoms with Crippen molar-refractivity contribution in [3.05, 3.63) is 177 Å². The van der Waals surface area contributed by atoms with Crippen LogP contribution in [-0.2, 0) is 53.3 Å². The molecule has 0 radical (unpaired) electrons. The molecule has 0 atom stereocenters. The minimum atomic E-state index is -0.270. The molecule has 0 amide bonds. The fraction of sp³-hybridized carbons (Fsp3) is 0.314. The van der Waals surface area contributed by atoms with Crippen LogP contribution >= 0.6 is 0 Å². The maximum Gasteiger partial charge on any atom is -1.00 e. The molecule has 5 heteroatoms. The van der Waals surface area contributed by atoms with Crippen LogP contribution in [0.15, 0.2) is 103 Å². The molecular weight excluding hydrogens is 813 g/mol. The van der Waals surface area contributed by atoms with Gasteiger partial charge in [-0.25, -0.2) is 18.6 Å². The van der Waals surface area contributed by atoms with Gasteiger partial charge in [0.25, 0.3) is 0 Å². The second kappa shape index (κ2) is 17.7. The van der Waals surface area contributed by atoms with Crippen LogP contribution in [0.25, 0.3) is 22.3 Å². The van der Waals surface area contributed by atoms with Crippen LogP contribution in [0, 0.1) is 18.1 Å². The van der Waals surface area contributed by atoms with Gasteiger partial charge in [-0.3, -0.25) is 0 Å². The number of aryl methyl sites for hydroxylation is 1. The van der Waals surface area contributed by atoms with Crippen molar-refractivity contribution in [3.63, 3.8) is 0 Å². The van der Waals surface area contributed by atoms with Crippen molar-refractivity contribution in [3.8, 4) is 11.1 Å². The van der Waals surface area contributed by atoms with Crippen molar-refractivity contribution in [2.24, 2.45) is 0 Å². The first-order chi connectivity index (χ1) is 25.4. The molecule has 0 bridgehead atoms. The van der Waals surface area contributed by atoms with Gasteiger partial charge in [-0.05, 0) is 70.2 Å². The van der Waals surface area contributed by atoms with Crippen molar-refractivity contribution < 1.29 is 57.8 Å². The third kappa shape index (κ3) is 9.72.